The van der Waals surface area contributed by atoms with E-state index in [2.05, 4.69) is 51.5 Å². The molecule has 0 aliphatic rings. The second-order valence-corrected chi connectivity index (χ2v) is 12.2. The van der Waals surface area contributed by atoms with Gasteiger partial charge in [-0.2, -0.15) is 0 Å². The van der Waals surface area contributed by atoms with Gasteiger partial charge in [-0.15, -0.1) is 0 Å². The second kappa shape index (κ2) is 8.28. The molecule has 0 unspecified atom stereocenters. The topological polar surface area (TPSA) is 74.0 Å². The van der Waals surface area contributed by atoms with Gasteiger partial charge >= 0.3 is 5.69 Å². The third kappa shape index (κ3) is 3.95. The van der Waals surface area contributed by atoms with Gasteiger partial charge in [0.15, 0.2) is 5.75 Å². The number of benzene rings is 1. The van der Waals surface area contributed by atoms with Crippen molar-refractivity contribution in [2.24, 2.45) is 5.16 Å². The van der Waals surface area contributed by atoms with Crippen LogP contribution in [0.3, 0.4) is 0 Å². The number of nitro benzene ring substituents is 1. The maximum absolute atomic E-state index is 11.6. The van der Waals surface area contributed by atoms with E-state index in [1.165, 1.54) is 13.3 Å². The Bertz CT molecular complexity index is 578. The Labute approximate surface area is 145 Å². The standard InChI is InChI=1S/C17H28N2O4Si/c1-12(2)24(13(3)4,14(5)6)23-16-10-8-9-15(11-18-22-7)17(16)19(20)21/h8-14H,1-7H3. The lowest BCUT2D eigenvalue weighted by atomic mass is 10.2. The number of para-hydroxylation sites is 1. The second-order valence-electron chi connectivity index (χ2n) is 6.79. The van der Waals surface area contributed by atoms with Gasteiger partial charge in [-0.1, -0.05) is 52.8 Å². The highest BCUT2D eigenvalue weighted by Crippen LogP contribution is 2.45. The summed E-state index contributed by atoms with van der Waals surface area (Å²) in [5.41, 5.74) is 1.30. The van der Waals surface area contributed by atoms with Crippen LogP contribution in [0.2, 0.25) is 16.6 Å². The summed E-state index contributed by atoms with van der Waals surface area (Å²) in [6.07, 6.45) is 1.34. The van der Waals surface area contributed by atoms with Gasteiger partial charge in [0.2, 0.25) is 0 Å². The molecule has 1 aromatic carbocycles. The van der Waals surface area contributed by atoms with E-state index in [0.717, 1.165) is 0 Å². The van der Waals surface area contributed by atoms with Gasteiger partial charge < -0.3 is 9.26 Å². The maximum atomic E-state index is 11.6. The van der Waals surface area contributed by atoms with Crippen molar-refractivity contribution in [1.29, 1.82) is 0 Å². The Morgan fingerprint density at radius 1 is 1.12 bits per heavy atom. The summed E-state index contributed by atoms with van der Waals surface area (Å²) < 4.78 is 6.49. The van der Waals surface area contributed by atoms with Crippen molar-refractivity contribution in [3.63, 3.8) is 0 Å². The van der Waals surface area contributed by atoms with Crippen LogP contribution in [0.25, 0.3) is 0 Å². The van der Waals surface area contributed by atoms with E-state index < -0.39 is 13.2 Å². The Kier molecular flexibility index (Phi) is 6.95. The van der Waals surface area contributed by atoms with E-state index in [1.54, 1.807) is 18.2 Å². The molecule has 1 aromatic rings. The molecular formula is C17H28N2O4Si. The number of rotatable bonds is 8. The fourth-order valence-electron chi connectivity index (χ4n) is 3.57. The van der Waals surface area contributed by atoms with Crippen LogP contribution in [0.1, 0.15) is 47.1 Å². The predicted octanol–water partition coefficient (Wildman–Crippen LogP) is 5.13. The molecule has 0 bridgehead atoms. The zero-order valence-electron chi connectivity index (χ0n) is 15.6. The molecule has 0 saturated carbocycles. The average Bonchev–Trinajstić information content (AvgIpc) is 2.48. The maximum Gasteiger partial charge on any atom is 0.318 e. The Hall–Kier alpha value is -1.89. The van der Waals surface area contributed by atoms with E-state index in [4.69, 9.17) is 4.43 Å². The number of nitrogens with zero attached hydrogens (tertiary/aromatic N) is 2. The van der Waals surface area contributed by atoms with Crippen molar-refractivity contribution in [2.45, 2.75) is 58.2 Å². The van der Waals surface area contributed by atoms with Gasteiger partial charge in [-0.3, -0.25) is 10.1 Å². The highest BCUT2D eigenvalue weighted by atomic mass is 28.4. The zero-order chi connectivity index (χ0) is 18.5. The quantitative estimate of drug-likeness (QED) is 0.281. The van der Waals surface area contributed by atoms with Crippen LogP contribution in [0.15, 0.2) is 23.4 Å². The van der Waals surface area contributed by atoms with E-state index in [1.807, 2.05) is 0 Å². The monoisotopic (exact) mass is 352 g/mol. The first-order valence-corrected chi connectivity index (χ1v) is 10.3. The van der Waals surface area contributed by atoms with Crippen molar-refractivity contribution in [3.05, 3.63) is 33.9 Å². The van der Waals surface area contributed by atoms with Gasteiger partial charge in [0.25, 0.3) is 8.32 Å². The number of nitro groups is 1. The Balaban J connectivity index is 3.50. The molecule has 0 aromatic heterocycles. The summed E-state index contributed by atoms with van der Waals surface area (Å²) in [6, 6.07) is 5.06. The third-order valence-corrected chi connectivity index (χ3v) is 10.5. The molecule has 0 spiro atoms. The van der Waals surface area contributed by atoms with Crippen LogP contribution < -0.4 is 4.43 Å². The normalized spacial score (nSPS) is 12.4. The smallest absolute Gasteiger partial charge is 0.318 e. The van der Waals surface area contributed by atoms with Gasteiger partial charge in [0.05, 0.1) is 16.7 Å². The first kappa shape index (κ1) is 20.2. The lowest BCUT2D eigenvalue weighted by molar-refractivity contribution is -0.385. The van der Waals surface area contributed by atoms with Gasteiger partial charge in [-0.25, -0.2) is 0 Å². The molecule has 134 valence electrons. The first-order chi connectivity index (χ1) is 11.2. The SMILES string of the molecule is CON=Cc1cccc(O[Si](C(C)C)(C(C)C)C(C)C)c1[N+](=O)[O-]. The van der Waals surface area contributed by atoms with Gasteiger partial charge in [0, 0.05) is 0 Å². The van der Waals surface area contributed by atoms with Crippen molar-refractivity contribution in [1.82, 2.24) is 0 Å². The largest absolute Gasteiger partial charge is 0.538 e. The lowest BCUT2D eigenvalue weighted by Gasteiger charge is -2.42. The Morgan fingerprint density at radius 3 is 2.08 bits per heavy atom. The van der Waals surface area contributed by atoms with E-state index in [9.17, 15) is 10.1 Å². The summed E-state index contributed by atoms with van der Waals surface area (Å²) in [5.74, 6) is 0.322. The van der Waals surface area contributed by atoms with Crippen molar-refractivity contribution in [3.8, 4) is 5.75 Å². The van der Waals surface area contributed by atoms with E-state index in [0.29, 0.717) is 27.9 Å². The van der Waals surface area contributed by atoms with Crippen LogP contribution in [0, 0.1) is 10.1 Å². The predicted molar refractivity (Wildman–Crippen MR) is 99.4 cm³/mol. The highest BCUT2D eigenvalue weighted by molar-refractivity contribution is 6.78. The Morgan fingerprint density at radius 2 is 1.67 bits per heavy atom. The molecule has 7 heteroatoms. The van der Waals surface area contributed by atoms with Crippen molar-refractivity contribution in [2.75, 3.05) is 7.11 Å². The third-order valence-electron chi connectivity index (χ3n) is 4.50. The number of oxime groups is 1. The molecule has 0 fully saturated rings. The molecule has 0 aliphatic heterocycles. The molecule has 0 saturated heterocycles. The fourth-order valence-corrected chi connectivity index (χ4v) is 8.83. The molecule has 0 heterocycles. The molecule has 0 atom stereocenters. The molecule has 24 heavy (non-hydrogen) atoms. The summed E-state index contributed by atoms with van der Waals surface area (Å²) in [6.45, 7) is 12.9. The van der Waals surface area contributed by atoms with Crippen LogP contribution in [-0.4, -0.2) is 26.6 Å². The van der Waals surface area contributed by atoms with Crippen LogP contribution in [0.5, 0.6) is 5.75 Å². The molecule has 0 N–H and O–H groups in total. The molecule has 0 radical (unpaired) electrons. The van der Waals surface area contributed by atoms with E-state index in [-0.39, 0.29) is 5.69 Å². The molecule has 1 rings (SSSR count). The summed E-state index contributed by atoms with van der Waals surface area (Å²) in [4.78, 5) is 15.9. The number of hydrogen-bond acceptors (Lipinski definition) is 5. The minimum Gasteiger partial charge on any atom is -0.538 e. The molecular weight excluding hydrogens is 324 g/mol. The average molecular weight is 353 g/mol. The van der Waals surface area contributed by atoms with Crippen molar-refractivity contribution >= 4 is 20.2 Å². The lowest BCUT2D eigenvalue weighted by Crippen LogP contribution is -2.50. The highest BCUT2D eigenvalue weighted by Gasteiger charge is 2.48. The minimum absolute atomic E-state index is 0.0582. The fraction of sp³-hybridized carbons (Fsp3) is 0.588. The molecule has 6 nitrogen and oxygen atoms in total. The minimum atomic E-state index is -2.28. The van der Waals surface area contributed by atoms with Crippen molar-refractivity contribution < 1.29 is 14.2 Å². The van der Waals surface area contributed by atoms with Crippen LogP contribution in [-0.2, 0) is 4.84 Å². The summed E-state index contributed by atoms with van der Waals surface area (Å²) in [5, 5.41) is 15.3. The summed E-state index contributed by atoms with van der Waals surface area (Å²) in [7, 11) is -0.880. The zero-order valence-corrected chi connectivity index (χ0v) is 16.6. The van der Waals surface area contributed by atoms with Gasteiger partial charge in [0.1, 0.15) is 7.11 Å². The van der Waals surface area contributed by atoms with Gasteiger partial charge in [-0.05, 0) is 28.8 Å². The van der Waals surface area contributed by atoms with Crippen LogP contribution >= 0.6 is 0 Å². The van der Waals surface area contributed by atoms with Crippen LogP contribution in [0.4, 0.5) is 5.69 Å². The number of hydrogen-bond donors (Lipinski definition) is 0. The summed E-state index contributed by atoms with van der Waals surface area (Å²) >= 11 is 0. The van der Waals surface area contributed by atoms with E-state index >= 15 is 0 Å². The first-order valence-electron chi connectivity index (χ1n) is 8.21. The molecule has 0 aliphatic carbocycles. The molecule has 0 amide bonds.